The van der Waals surface area contributed by atoms with Gasteiger partial charge in [0.05, 0.1) is 12.7 Å². The Balaban J connectivity index is 1.64. The molecule has 3 nitrogen and oxygen atoms in total. The summed E-state index contributed by atoms with van der Waals surface area (Å²) in [5.41, 5.74) is 0. The highest BCUT2D eigenvalue weighted by molar-refractivity contribution is 4.81. The van der Waals surface area contributed by atoms with Crippen LogP contribution in [0.4, 0.5) is 0 Å². The fraction of sp³-hybridized carbons (Fsp3) is 1.00. The number of hydrogen-bond donors (Lipinski definition) is 1. The summed E-state index contributed by atoms with van der Waals surface area (Å²) in [6.45, 7) is 9.58. The van der Waals surface area contributed by atoms with Crippen LogP contribution in [0.15, 0.2) is 0 Å². The monoisotopic (exact) mass is 227 g/mol. The molecule has 0 aromatic heterocycles. The minimum absolute atomic E-state index is 0.465. The molecule has 0 aromatic carbocycles. The second-order valence-electron chi connectivity index (χ2n) is 5.52. The molecule has 0 spiro atoms. The molecule has 3 unspecified atom stereocenters. The molecule has 0 aliphatic carbocycles. The molecule has 0 saturated carbocycles. The van der Waals surface area contributed by atoms with Gasteiger partial charge in [-0.2, -0.15) is 0 Å². The SMILES string of the molecule is CC(C)C1OCCC1CNCC1CCOC1. The van der Waals surface area contributed by atoms with Crippen molar-refractivity contribution in [1.29, 1.82) is 0 Å². The quantitative estimate of drug-likeness (QED) is 0.775. The van der Waals surface area contributed by atoms with E-state index in [2.05, 4.69) is 19.2 Å². The number of hydrogen-bond acceptors (Lipinski definition) is 3. The molecule has 3 atom stereocenters. The maximum Gasteiger partial charge on any atom is 0.0639 e. The first-order chi connectivity index (χ1) is 7.77. The van der Waals surface area contributed by atoms with E-state index in [-0.39, 0.29) is 0 Å². The molecule has 2 aliphatic heterocycles. The molecule has 2 fully saturated rings. The third-order valence-electron chi connectivity index (χ3n) is 3.78. The van der Waals surface area contributed by atoms with Crippen molar-refractivity contribution in [2.75, 3.05) is 32.9 Å². The lowest BCUT2D eigenvalue weighted by Gasteiger charge is -2.22. The van der Waals surface area contributed by atoms with E-state index in [0.717, 1.165) is 38.8 Å². The molecular weight excluding hydrogens is 202 g/mol. The smallest absolute Gasteiger partial charge is 0.0639 e. The van der Waals surface area contributed by atoms with E-state index in [0.29, 0.717) is 17.9 Å². The summed E-state index contributed by atoms with van der Waals surface area (Å²) < 4.78 is 11.2. The molecule has 3 heteroatoms. The van der Waals surface area contributed by atoms with Gasteiger partial charge >= 0.3 is 0 Å². The molecule has 0 radical (unpaired) electrons. The van der Waals surface area contributed by atoms with Gasteiger partial charge < -0.3 is 14.8 Å². The summed E-state index contributed by atoms with van der Waals surface area (Å²) in [7, 11) is 0. The van der Waals surface area contributed by atoms with Gasteiger partial charge in [-0.05, 0) is 30.6 Å². The maximum absolute atomic E-state index is 5.78. The van der Waals surface area contributed by atoms with Crippen LogP contribution in [0, 0.1) is 17.8 Å². The van der Waals surface area contributed by atoms with Gasteiger partial charge in [-0.15, -0.1) is 0 Å². The number of ether oxygens (including phenoxy) is 2. The predicted molar refractivity (Wildman–Crippen MR) is 64.5 cm³/mol. The van der Waals surface area contributed by atoms with Gasteiger partial charge in [0.2, 0.25) is 0 Å². The average Bonchev–Trinajstić information content (AvgIpc) is 2.87. The van der Waals surface area contributed by atoms with Crippen molar-refractivity contribution in [2.24, 2.45) is 17.8 Å². The van der Waals surface area contributed by atoms with Crippen LogP contribution in [-0.2, 0) is 9.47 Å². The lowest BCUT2D eigenvalue weighted by atomic mass is 9.93. The van der Waals surface area contributed by atoms with E-state index in [1.165, 1.54) is 12.8 Å². The van der Waals surface area contributed by atoms with E-state index in [4.69, 9.17) is 9.47 Å². The standard InChI is InChI=1S/C13H25NO2/c1-10(2)13-12(4-6-16-13)8-14-7-11-3-5-15-9-11/h10-14H,3-9H2,1-2H3. The van der Waals surface area contributed by atoms with Crippen LogP contribution >= 0.6 is 0 Å². The zero-order chi connectivity index (χ0) is 11.4. The van der Waals surface area contributed by atoms with Crippen molar-refractivity contribution < 1.29 is 9.47 Å². The van der Waals surface area contributed by atoms with Crippen LogP contribution in [0.3, 0.4) is 0 Å². The lowest BCUT2D eigenvalue weighted by molar-refractivity contribution is 0.0538. The van der Waals surface area contributed by atoms with Crippen molar-refractivity contribution in [2.45, 2.75) is 32.8 Å². The second-order valence-corrected chi connectivity index (χ2v) is 5.52. The molecular formula is C13H25NO2. The molecule has 2 heterocycles. The molecule has 94 valence electrons. The van der Waals surface area contributed by atoms with E-state index in [1.54, 1.807) is 0 Å². The highest BCUT2D eigenvalue weighted by atomic mass is 16.5. The van der Waals surface area contributed by atoms with Crippen molar-refractivity contribution >= 4 is 0 Å². The number of rotatable bonds is 5. The first-order valence-electron chi connectivity index (χ1n) is 6.67. The van der Waals surface area contributed by atoms with Gasteiger partial charge in [0.25, 0.3) is 0 Å². The Morgan fingerprint density at radius 2 is 2.06 bits per heavy atom. The molecule has 2 saturated heterocycles. The lowest BCUT2D eigenvalue weighted by Crippen LogP contribution is -2.34. The van der Waals surface area contributed by atoms with Gasteiger partial charge in [-0.1, -0.05) is 13.8 Å². The van der Waals surface area contributed by atoms with E-state index >= 15 is 0 Å². The largest absolute Gasteiger partial charge is 0.381 e. The maximum atomic E-state index is 5.78. The van der Waals surface area contributed by atoms with Crippen molar-refractivity contribution in [3.63, 3.8) is 0 Å². The fourth-order valence-corrected chi connectivity index (χ4v) is 2.83. The van der Waals surface area contributed by atoms with Gasteiger partial charge in [-0.25, -0.2) is 0 Å². The second kappa shape index (κ2) is 5.99. The Morgan fingerprint density at radius 3 is 2.75 bits per heavy atom. The first kappa shape index (κ1) is 12.3. The summed E-state index contributed by atoms with van der Waals surface area (Å²) in [5.74, 6) is 2.09. The van der Waals surface area contributed by atoms with Gasteiger partial charge in [0.1, 0.15) is 0 Å². The highest BCUT2D eigenvalue weighted by Gasteiger charge is 2.30. The van der Waals surface area contributed by atoms with Crippen LogP contribution in [0.5, 0.6) is 0 Å². The Kier molecular flexibility index (Phi) is 4.62. The molecule has 0 bridgehead atoms. The average molecular weight is 227 g/mol. The van der Waals surface area contributed by atoms with Crippen LogP contribution < -0.4 is 5.32 Å². The minimum atomic E-state index is 0.465. The van der Waals surface area contributed by atoms with Gasteiger partial charge in [0, 0.05) is 26.3 Å². The Morgan fingerprint density at radius 1 is 1.19 bits per heavy atom. The summed E-state index contributed by atoms with van der Waals surface area (Å²) in [6, 6.07) is 0. The number of nitrogens with one attached hydrogen (secondary N) is 1. The third-order valence-corrected chi connectivity index (χ3v) is 3.78. The van der Waals surface area contributed by atoms with Gasteiger partial charge in [0.15, 0.2) is 0 Å². The van der Waals surface area contributed by atoms with E-state index in [1.807, 2.05) is 0 Å². The van der Waals surface area contributed by atoms with E-state index < -0.39 is 0 Å². The fourth-order valence-electron chi connectivity index (χ4n) is 2.83. The molecule has 16 heavy (non-hydrogen) atoms. The molecule has 1 N–H and O–H groups in total. The summed E-state index contributed by atoms with van der Waals surface area (Å²) in [5, 5.41) is 3.59. The minimum Gasteiger partial charge on any atom is -0.381 e. The van der Waals surface area contributed by atoms with Crippen LogP contribution in [-0.4, -0.2) is 39.0 Å². The normalized spacial score (nSPS) is 35.1. The molecule has 2 aliphatic rings. The Hall–Kier alpha value is -0.120. The zero-order valence-corrected chi connectivity index (χ0v) is 10.6. The third kappa shape index (κ3) is 3.19. The van der Waals surface area contributed by atoms with Crippen LogP contribution in [0.2, 0.25) is 0 Å². The van der Waals surface area contributed by atoms with Crippen molar-refractivity contribution in [1.82, 2.24) is 5.32 Å². The first-order valence-corrected chi connectivity index (χ1v) is 6.67. The van der Waals surface area contributed by atoms with Crippen LogP contribution in [0.1, 0.15) is 26.7 Å². The zero-order valence-electron chi connectivity index (χ0n) is 10.6. The Labute approximate surface area is 98.9 Å². The molecule has 0 amide bonds. The Bertz CT molecular complexity index is 202. The van der Waals surface area contributed by atoms with Crippen LogP contribution in [0.25, 0.3) is 0 Å². The van der Waals surface area contributed by atoms with Gasteiger partial charge in [-0.3, -0.25) is 0 Å². The van der Waals surface area contributed by atoms with E-state index in [9.17, 15) is 0 Å². The topological polar surface area (TPSA) is 30.5 Å². The molecule has 2 rings (SSSR count). The summed E-state index contributed by atoms with van der Waals surface area (Å²) >= 11 is 0. The summed E-state index contributed by atoms with van der Waals surface area (Å²) in [4.78, 5) is 0. The van der Waals surface area contributed by atoms with Crippen molar-refractivity contribution in [3.05, 3.63) is 0 Å². The predicted octanol–water partition coefficient (Wildman–Crippen LogP) is 1.67. The van der Waals surface area contributed by atoms with Crippen molar-refractivity contribution in [3.8, 4) is 0 Å². The summed E-state index contributed by atoms with van der Waals surface area (Å²) in [6.07, 6.45) is 2.91. The molecule has 0 aromatic rings. The highest BCUT2D eigenvalue weighted by Crippen LogP contribution is 2.26.